The number of aliphatic hydroxyl groups is 2. The van der Waals surface area contributed by atoms with Crippen molar-refractivity contribution in [1.82, 2.24) is 4.90 Å². The van der Waals surface area contributed by atoms with Crippen LogP contribution in [0.2, 0.25) is 0 Å². The van der Waals surface area contributed by atoms with Gasteiger partial charge in [-0.05, 0) is 56.7 Å². The van der Waals surface area contributed by atoms with Gasteiger partial charge in [0.05, 0.1) is 30.1 Å². The molecule has 0 spiro atoms. The first-order valence-corrected chi connectivity index (χ1v) is 10.2. The molecule has 2 aliphatic rings. The minimum atomic E-state index is -0.830. The Morgan fingerprint density at radius 3 is 2.59 bits per heavy atom. The number of aliphatic hydroxyl groups excluding tert-OH is 2. The number of rotatable bonds is 6. The summed E-state index contributed by atoms with van der Waals surface area (Å²) in [4.78, 5) is 39.3. The number of amides is 1. The molecule has 0 bridgehead atoms. The first kappa shape index (κ1) is 21.5. The van der Waals surface area contributed by atoms with Crippen molar-refractivity contribution in [2.24, 2.45) is 11.3 Å². The zero-order valence-electron chi connectivity index (χ0n) is 16.8. The maximum Gasteiger partial charge on any atom is 0.358 e. The van der Waals surface area contributed by atoms with Gasteiger partial charge in [0.1, 0.15) is 5.70 Å². The third-order valence-corrected chi connectivity index (χ3v) is 5.99. The molecular weight excluding hydrogens is 398 g/mol. The average molecular weight is 423 g/mol. The lowest BCUT2D eigenvalue weighted by molar-refractivity contribution is -0.175. The molecule has 2 N–H and O–H groups in total. The van der Waals surface area contributed by atoms with Crippen LogP contribution in [0.4, 0.5) is 0 Å². The molecule has 3 atom stereocenters. The minimum Gasteiger partial charge on any atom is -0.427 e. The number of thiophene rings is 1. The average Bonchev–Trinajstić information content (AvgIpc) is 3.22. The second-order valence-electron chi connectivity index (χ2n) is 8.26. The number of nitrogens with zero attached hydrogens (tertiary/aromatic N) is 1. The van der Waals surface area contributed by atoms with E-state index in [0.29, 0.717) is 12.0 Å². The topological polar surface area (TPSA) is 113 Å². The van der Waals surface area contributed by atoms with Gasteiger partial charge in [-0.1, -0.05) is 0 Å². The van der Waals surface area contributed by atoms with Gasteiger partial charge < -0.3 is 24.6 Å². The monoisotopic (exact) mass is 423 g/mol. The molecule has 0 radical (unpaired) electrons. The Balaban J connectivity index is 1.82. The highest BCUT2D eigenvalue weighted by Crippen LogP contribution is 2.47. The fraction of sp³-hybridized carbons (Fsp3) is 0.550. The highest BCUT2D eigenvalue weighted by Gasteiger charge is 2.57. The number of esters is 2. The first-order chi connectivity index (χ1) is 13.6. The normalized spacial score (nSPS) is 22.3. The summed E-state index contributed by atoms with van der Waals surface area (Å²) in [6.45, 7) is 5.93. The third-order valence-electron chi connectivity index (χ3n) is 5.07. The van der Waals surface area contributed by atoms with E-state index < -0.39 is 36.2 Å². The Kier molecular flexibility index (Phi) is 5.84. The number of hydrogen-bond acceptors (Lipinski definition) is 8. The number of ether oxygens (including phenoxy) is 2. The molecule has 0 unspecified atom stereocenters. The highest BCUT2D eigenvalue weighted by molar-refractivity contribution is 7.10. The second-order valence-corrected chi connectivity index (χ2v) is 9.26. The molecule has 1 aromatic rings. The second kappa shape index (κ2) is 7.89. The Hall–Kier alpha value is -2.23. The van der Waals surface area contributed by atoms with Gasteiger partial charge in [-0.25, -0.2) is 4.79 Å². The molecule has 29 heavy (non-hydrogen) atoms. The summed E-state index contributed by atoms with van der Waals surface area (Å²) in [7, 11) is 0. The van der Waals surface area contributed by atoms with Crippen molar-refractivity contribution in [2.45, 2.75) is 52.9 Å². The molecule has 3 heterocycles. The molecule has 1 saturated heterocycles. The molecule has 158 valence electrons. The van der Waals surface area contributed by atoms with Crippen molar-refractivity contribution in [3.8, 4) is 0 Å². The van der Waals surface area contributed by atoms with Crippen LogP contribution in [0.15, 0.2) is 17.1 Å². The van der Waals surface area contributed by atoms with Crippen LogP contribution in [-0.2, 0) is 30.5 Å². The summed E-state index contributed by atoms with van der Waals surface area (Å²) in [6.07, 6.45) is -0.432. The van der Waals surface area contributed by atoms with Gasteiger partial charge in [0.2, 0.25) is 12.7 Å². The Morgan fingerprint density at radius 2 is 2.03 bits per heavy atom. The van der Waals surface area contributed by atoms with Crippen molar-refractivity contribution in [3.63, 3.8) is 0 Å². The number of fused-ring (bicyclic) bond motifs is 1. The fourth-order valence-electron chi connectivity index (χ4n) is 3.56. The lowest BCUT2D eigenvalue weighted by Gasteiger charge is -2.44. The summed E-state index contributed by atoms with van der Waals surface area (Å²) in [6, 6.07) is 1.44. The lowest BCUT2D eigenvalue weighted by Crippen LogP contribution is -2.61. The summed E-state index contributed by atoms with van der Waals surface area (Å²) < 4.78 is 10.1. The highest BCUT2D eigenvalue weighted by atomic mass is 32.1. The predicted octanol–water partition coefficient (Wildman–Crippen LogP) is 1.65. The van der Waals surface area contributed by atoms with E-state index >= 15 is 0 Å². The quantitative estimate of drug-likeness (QED) is 0.406. The van der Waals surface area contributed by atoms with Crippen LogP contribution >= 0.6 is 11.3 Å². The van der Waals surface area contributed by atoms with Crippen molar-refractivity contribution in [1.29, 1.82) is 0 Å². The van der Waals surface area contributed by atoms with Crippen LogP contribution < -0.4 is 0 Å². The van der Waals surface area contributed by atoms with E-state index in [0.717, 1.165) is 10.4 Å². The summed E-state index contributed by atoms with van der Waals surface area (Å²) in [5.74, 6) is -2.19. The molecule has 2 aliphatic heterocycles. The smallest absolute Gasteiger partial charge is 0.358 e. The Labute approximate surface area is 172 Å². The van der Waals surface area contributed by atoms with E-state index in [4.69, 9.17) is 9.47 Å². The van der Waals surface area contributed by atoms with Crippen LogP contribution in [0, 0.1) is 11.3 Å². The van der Waals surface area contributed by atoms with Gasteiger partial charge in [0.25, 0.3) is 0 Å². The number of hydrogen-bond donors (Lipinski definition) is 2. The number of carbonyl (C=O) groups is 3. The molecular formula is C20H25NO7S. The molecule has 0 saturated carbocycles. The van der Waals surface area contributed by atoms with Crippen LogP contribution in [0.25, 0.3) is 5.57 Å². The summed E-state index contributed by atoms with van der Waals surface area (Å²) in [5.41, 5.74) is 0.717. The molecule has 0 aromatic carbocycles. The molecule has 1 amide bonds. The summed E-state index contributed by atoms with van der Waals surface area (Å²) in [5, 5.41) is 21.1. The lowest BCUT2D eigenvalue weighted by atomic mass is 9.82. The van der Waals surface area contributed by atoms with Gasteiger partial charge in [0, 0.05) is 4.88 Å². The SMILES string of the molecule is C[C@@H](O)[C@H]1C(=O)N2C(C(=O)OCOC(=O)C(C)(C)C)=C(c3csc(CO)c3)C[C@H]12. The third kappa shape index (κ3) is 3.94. The molecule has 1 fully saturated rings. The fourth-order valence-corrected chi connectivity index (χ4v) is 4.32. The molecule has 8 nitrogen and oxygen atoms in total. The zero-order chi connectivity index (χ0) is 21.5. The molecule has 1 aromatic heterocycles. The standard InChI is InChI=1S/C20H25NO7S/c1-10(23)15-14-6-13(11-5-12(7-22)29-8-11)16(21(14)17(15)24)18(25)27-9-28-19(26)20(2,3)4/h5,8,10,14-15,22-23H,6-7,9H2,1-4H3/t10-,14-,15-/m1/s1. The molecule has 3 rings (SSSR count). The molecule has 0 aliphatic carbocycles. The zero-order valence-corrected chi connectivity index (χ0v) is 17.6. The van der Waals surface area contributed by atoms with E-state index in [1.165, 1.54) is 16.2 Å². The predicted molar refractivity (Wildman–Crippen MR) is 104 cm³/mol. The Morgan fingerprint density at radius 1 is 1.34 bits per heavy atom. The van der Waals surface area contributed by atoms with Crippen molar-refractivity contribution >= 4 is 34.8 Å². The van der Waals surface area contributed by atoms with Crippen LogP contribution in [0.1, 0.15) is 44.6 Å². The Bertz CT molecular complexity index is 864. The molecule has 9 heteroatoms. The van der Waals surface area contributed by atoms with Gasteiger partial charge in [0.15, 0.2) is 0 Å². The first-order valence-electron chi connectivity index (χ1n) is 9.33. The van der Waals surface area contributed by atoms with Crippen molar-refractivity contribution in [2.75, 3.05) is 6.79 Å². The largest absolute Gasteiger partial charge is 0.427 e. The van der Waals surface area contributed by atoms with Crippen molar-refractivity contribution in [3.05, 3.63) is 27.6 Å². The van der Waals surface area contributed by atoms with Gasteiger partial charge in [-0.3, -0.25) is 9.59 Å². The van der Waals surface area contributed by atoms with Crippen LogP contribution in [0.3, 0.4) is 0 Å². The van der Waals surface area contributed by atoms with Crippen LogP contribution in [-0.4, -0.2) is 51.9 Å². The minimum absolute atomic E-state index is 0.103. The van der Waals surface area contributed by atoms with E-state index in [9.17, 15) is 24.6 Å². The van der Waals surface area contributed by atoms with Crippen molar-refractivity contribution < 1.29 is 34.1 Å². The van der Waals surface area contributed by atoms with Gasteiger partial charge in [-0.15, -0.1) is 11.3 Å². The summed E-state index contributed by atoms with van der Waals surface area (Å²) >= 11 is 1.35. The maximum atomic E-state index is 12.8. The van der Waals surface area contributed by atoms with Crippen LogP contribution in [0.5, 0.6) is 0 Å². The number of carbonyl (C=O) groups excluding carboxylic acids is 3. The van der Waals surface area contributed by atoms with E-state index in [1.807, 2.05) is 5.38 Å². The maximum absolute atomic E-state index is 12.8. The number of β-lactam (4-membered cyclic amide) rings is 1. The van der Waals surface area contributed by atoms with E-state index in [-0.39, 0.29) is 24.3 Å². The van der Waals surface area contributed by atoms with E-state index in [1.54, 1.807) is 33.8 Å². The van der Waals surface area contributed by atoms with E-state index in [2.05, 4.69) is 0 Å². The van der Waals surface area contributed by atoms with Gasteiger partial charge in [-0.2, -0.15) is 0 Å². The van der Waals surface area contributed by atoms with Gasteiger partial charge >= 0.3 is 11.9 Å².